The Morgan fingerprint density at radius 1 is 0.897 bits per heavy atom. The van der Waals surface area contributed by atoms with Crippen LogP contribution in [0.3, 0.4) is 0 Å². The standard InChI is InChI=1S/C22H20Cl2N2O3/c23-17-9-5-15(6-10-17)19-14-25-22(29-13-3-1-2-4-20(27)28)26-21(19)16-7-11-18(24)12-8-16/h5-12,14H,1-4,13H2,(H,27,28). The molecule has 0 saturated heterocycles. The minimum absolute atomic E-state index is 0.174. The van der Waals surface area contributed by atoms with Crippen molar-refractivity contribution >= 4 is 29.2 Å². The number of carboxylic acid groups (broad SMARTS) is 1. The summed E-state index contributed by atoms with van der Waals surface area (Å²) in [5.41, 5.74) is 3.44. The average Bonchev–Trinajstić information content (AvgIpc) is 2.71. The summed E-state index contributed by atoms with van der Waals surface area (Å²) >= 11 is 12.0. The molecule has 29 heavy (non-hydrogen) atoms. The number of ether oxygens (including phenoxy) is 1. The molecule has 0 bridgehead atoms. The number of carboxylic acids is 1. The third kappa shape index (κ3) is 6.17. The first-order valence-electron chi connectivity index (χ1n) is 9.26. The molecule has 2 aromatic carbocycles. The molecular formula is C22H20Cl2N2O3. The van der Waals surface area contributed by atoms with Gasteiger partial charge in [-0.15, -0.1) is 0 Å². The molecule has 3 aromatic rings. The lowest BCUT2D eigenvalue weighted by Crippen LogP contribution is -2.03. The van der Waals surface area contributed by atoms with Gasteiger partial charge in [-0.25, -0.2) is 4.98 Å². The van der Waals surface area contributed by atoms with Crippen LogP contribution in [0, 0.1) is 0 Å². The normalized spacial score (nSPS) is 10.7. The van der Waals surface area contributed by atoms with E-state index in [4.69, 9.17) is 33.0 Å². The van der Waals surface area contributed by atoms with Crippen LogP contribution in [-0.2, 0) is 4.79 Å². The van der Waals surface area contributed by atoms with Crippen molar-refractivity contribution in [1.29, 1.82) is 0 Å². The molecule has 1 N–H and O–H groups in total. The first-order valence-corrected chi connectivity index (χ1v) is 10.0. The Labute approximate surface area is 179 Å². The Morgan fingerprint density at radius 2 is 1.52 bits per heavy atom. The number of halogens is 2. The van der Waals surface area contributed by atoms with E-state index in [-0.39, 0.29) is 12.4 Å². The molecule has 0 unspecified atom stereocenters. The van der Waals surface area contributed by atoms with Gasteiger partial charge in [0.25, 0.3) is 0 Å². The van der Waals surface area contributed by atoms with Gasteiger partial charge in [-0.2, -0.15) is 4.98 Å². The molecule has 0 aliphatic carbocycles. The van der Waals surface area contributed by atoms with E-state index < -0.39 is 5.97 Å². The molecule has 0 amide bonds. The first-order chi connectivity index (χ1) is 14.0. The number of hydrogen-bond acceptors (Lipinski definition) is 4. The molecule has 7 heteroatoms. The van der Waals surface area contributed by atoms with Crippen LogP contribution in [0.1, 0.15) is 25.7 Å². The summed E-state index contributed by atoms with van der Waals surface area (Å²) in [5, 5.41) is 9.98. The highest BCUT2D eigenvalue weighted by Gasteiger charge is 2.13. The van der Waals surface area contributed by atoms with Crippen LogP contribution < -0.4 is 4.74 Å². The molecule has 150 valence electrons. The Hall–Kier alpha value is -2.63. The van der Waals surface area contributed by atoms with Crippen molar-refractivity contribution in [3.8, 4) is 28.4 Å². The molecule has 3 rings (SSSR count). The summed E-state index contributed by atoms with van der Waals surface area (Å²) in [5.74, 6) is -0.778. The van der Waals surface area contributed by atoms with E-state index in [9.17, 15) is 4.79 Å². The minimum Gasteiger partial charge on any atom is -0.481 e. The van der Waals surface area contributed by atoms with Crippen LogP contribution in [0.15, 0.2) is 54.7 Å². The van der Waals surface area contributed by atoms with Gasteiger partial charge in [0, 0.05) is 33.8 Å². The van der Waals surface area contributed by atoms with Crippen LogP contribution >= 0.6 is 23.2 Å². The maximum absolute atomic E-state index is 10.5. The second kappa shape index (κ2) is 10.2. The Balaban J connectivity index is 1.79. The van der Waals surface area contributed by atoms with Crippen molar-refractivity contribution < 1.29 is 14.6 Å². The maximum Gasteiger partial charge on any atom is 0.316 e. The van der Waals surface area contributed by atoms with E-state index in [1.165, 1.54) is 0 Å². The van der Waals surface area contributed by atoms with Gasteiger partial charge in [0.05, 0.1) is 12.3 Å². The largest absolute Gasteiger partial charge is 0.481 e. The lowest BCUT2D eigenvalue weighted by atomic mass is 10.0. The number of nitrogens with zero attached hydrogens (tertiary/aromatic N) is 2. The zero-order chi connectivity index (χ0) is 20.6. The number of benzene rings is 2. The fraction of sp³-hybridized carbons (Fsp3) is 0.227. The van der Waals surface area contributed by atoms with Crippen molar-refractivity contribution in [3.05, 3.63) is 64.8 Å². The van der Waals surface area contributed by atoms with E-state index in [1.54, 1.807) is 6.20 Å². The molecule has 5 nitrogen and oxygen atoms in total. The van der Waals surface area contributed by atoms with Crippen LogP contribution in [0.5, 0.6) is 6.01 Å². The number of hydrogen-bond donors (Lipinski definition) is 1. The fourth-order valence-corrected chi connectivity index (χ4v) is 3.07. The van der Waals surface area contributed by atoms with Gasteiger partial charge >= 0.3 is 12.0 Å². The molecule has 0 spiro atoms. The van der Waals surface area contributed by atoms with E-state index in [1.807, 2.05) is 48.5 Å². The molecule has 0 atom stereocenters. The van der Waals surface area contributed by atoms with Crippen molar-refractivity contribution in [2.24, 2.45) is 0 Å². The van der Waals surface area contributed by atoms with E-state index in [0.717, 1.165) is 35.2 Å². The van der Waals surface area contributed by atoms with Crippen LogP contribution in [-0.4, -0.2) is 27.7 Å². The zero-order valence-electron chi connectivity index (χ0n) is 15.6. The van der Waals surface area contributed by atoms with Gasteiger partial charge in [-0.1, -0.05) is 47.5 Å². The number of carbonyl (C=O) groups is 1. The molecule has 0 radical (unpaired) electrons. The van der Waals surface area contributed by atoms with Gasteiger partial charge in [0.1, 0.15) is 0 Å². The Bertz CT molecular complexity index is 961. The summed E-state index contributed by atoms with van der Waals surface area (Å²) in [6.07, 6.45) is 4.06. The Morgan fingerprint density at radius 3 is 2.14 bits per heavy atom. The minimum atomic E-state index is -0.778. The van der Waals surface area contributed by atoms with Crippen molar-refractivity contribution in [2.45, 2.75) is 25.7 Å². The van der Waals surface area contributed by atoms with Crippen LogP contribution in [0.25, 0.3) is 22.4 Å². The monoisotopic (exact) mass is 430 g/mol. The predicted molar refractivity (Wildman–Crippen MR) is 115 cm³/mol. The lowest BCUT2D eigenvalue weighted by Gasteiger charge is -2.12. The molecule has 0 aliphatic rings. The summed E-state index contributed by atoms with van der Waals surface area (Å²) < 4.78 is 5.69. The SMILES string of the molecule is O=C(O)CCCCCOc1ncc(-c2ccc(Cl)cc2)c(-c2ccc(Cl)cc2)n1. The molecular weight excluding hydrogens is 411 g/mol. The fourth-order valence-electron chi connectivity index (χ4n) is 2.82. The molecule has 0 aliphatic heterocycles. The van der Waals surface area contributed by atoms with Gasteiger partial charge in [-0.05, 0) is 49.1 Å². The van der Waals surface area contributed by atoms with Gasteiger partial charge in [0.15, 0.2) is 0 Å². The first kappa shape index (κ1) is 21.1. The number of aromatic nitrogens is 2. The molecule has 1 aromatic heterocycles. The second-order valence-electron chi connectivity index (χ2n) is 6.48. The predicted octanol–water partition coefficient (Wildman–Crippen LogP) is 6.14. The number of aliphatic carboxylic acids is 1. The zero-order valence-corrected chi connectivity index (χ0v) is 17.2. The number of unbranched alkanes of at least 4 members (excludes halogenated alkanes) is 2. The Kier molecular flexibility index (Phi) is 7.44. The summed E-state index contributed by atoms with van der Waals surface area (Å²) in [6.45, 7) is 0.431. The molecule has 0 saturated carbocycles. The van der Waals surface area contributed by atoms with Crippen molar-refractivity contribution in [3.63, 3.8) is 0 Å². The summed E-state index contributed by atoms with van der Waals surface area (Å²) in [4.78, 5) is 19.5. The molecule has 1 heterocycles. The van der Waals surface area contributed by atoms with Gasteiger partial charge < -0.3 is 9.84 Å². The van der Waals surface area contributed by atoms with E-state index in [2.05, 4.69) is 9.97 Å². The highest BCUT2D eigenvalue weighted by molar-refractivity contribution is 6.31. The van der Waals surface area contributed by atoms with Gasteiger partial charge in [0.2, 0.25) is 0 Å². The van der Waals surface area contributed by atoms with Crippen LogP contribution in [0.4, 0.5) is 0 Å². The van der Waals surface area contributed by atoms with E-state index >= 15 is 0 Å². The van der Waals surface area contributed by atoms with Crippen molar-refractivity contribution in [1.82, 2.24) is 9.97 Å². The summed E-state index contributed by atoms with van der Waals surface area (Å²) in [7, 11) is 0. The smallest absolute Gasteiger partial charge is 0.316 e. The highest BCUT2D eigenvalue weighted by atomic mass is 35.5. The third-order valence-electron chi connectivity index (χ3n) is 4.31. The average molecular weight is 431 g/mol. The van der Waals surface area contributed by atoms with Crippen LogP contribution in [0.2, 0.25) is 10.0 Å². The molecule has 0 fully saturated rings. The summed E-state index contributed by atoms with van der Waals surface area (Å²) in [6, 6.07) is 15.2. The maximum atomic E-state index is 10.5. The quantitative estimate of drug-likeness (QED) is 0.412. The lowest BCUT2D eigenvalue weighted by molar-refractivity contribution is -0.137. The highest BCUT2D eigenvalue weighted by Crippen LogP contribution is 2.32. The van der Waals surface area contributed by atoms with Gasteiger partial charge in [-0.3, -0.25) is 4.79 Å². The second-order valence-corrected chi connectivity index (χ2v) is 7.35. The van der Waals surface area contributed by atoms with E-state index in [0.29, 0.717) is 23.1 Å². The topological polar surface area (TPSA) is 72.3 Å². The number of rotatable bonds is 9. The van der Waals surface area contributed by atoms with Crippen molar-refractivity contribution in [2.75, 3.05) is 6.61 Å². The third-order valence-corrected chi connectivity index (χ3v) is 4.81.